The topological polar surface area (TPSA) is 26.7 Å². The zero-order valence-electron chi connectivity index (χ0n) is 14.5. The molecule has 3 nitrogen and oxygen atoms in total. The summed E-state index contributed by atoms with van der Waals surface area (Å²) in [4.78, 5) is 4.50. The molecule has 26 heavy (non-hydrogen) atoms. The van der Waals surface area contributed by atoms with Crippen molar-refractivity contribution >= 4 is 11.6 Å². The summed E-state index contributed by atoms with van der Waals surface area (Å²) >= 11 is 5.69. The highest BCUT2D eigenvalue weighted by Crippen LogP contribution is 2.30. The van der Waals surface area contributed by atoms with Crippen LogP contribution in [-0.4, -0.2) is 59.6 Å². The molecule has 0 aromatic heterocycles. The van der Waals surface area contributed by atoms with Gasteiger partial charge < -0.3 is 5.11 Å². The Morgan fingerprint density at radius 3 is 1.73 bits per heavy atom. The van der Waals surface area contributed by atoms with E-state index in [2.05, 4.69) is 9.80 Å². The zero-order chi connectivity index (χ0) is 18.5. The van der Waals surface area contributed by atoms with Gasteiger partial charge in [0.15, 0.2) is 0 Å². The Balaban J connectivity index is 1.78. The number of aliphatic hydroxyl groups is 1. The van der Waals surface area contributed by atoms with Crippen LogP contribution in [0.15, 0.2) is 48.5 Å². The molecule has 1 heterocycles. The van der Waals surface area contributed by atoms with Crippen LogP contribution in [0.1, 0.15) is 17.2 Å². The fourth-order valence-electron chi connectivity index (χ4n) is 3.46. The van der Waals surface area contributed by atoms with Crippen molar-refractivity contribution in [2.24, 2.45) is 0 Å². The molecule has 1 atom stereocenters. The first-order chi connectivity index (χ1) is 12.6. The second-order valence-electron chi connectivity index (χ2n) is 6.65. The predicted octanol–water partition coefficient (Wildman–Crippen LogP) is 3.27. The van der Waals surface area contributed by atoms with Gasteiger partial charge in [-0.05, 0) is 35.4 Å². The first-order valence-electron chi connectivity index (χ1n) is 8.78. The van der Waals surface area contributed by atoms with Crippen molar-refractivity contribution in [3.63, 3.8) is 0 Å². The van der Waals surface area contributed by atoms with Crippen molar-refractivity contribution in [2.75, 3.05) is 38.6 Å². The number of rotatable bonds is 6. The summed E-state index contributed by atoms with van der Waals surface area (Å²) < 4.78 is 26.7. The molecule has 1 aliphatic rings. The second-order valence-corrected chi connectivity index (χ2v) is 6.96. The highest BCUT2D eigenvalue weighted by Gasteiger charge is 2.27. The summed E-state index contributed by atoms with van der Waals surface area (Å²) in [5.74, 6) is -0.313. The summed E-state index contributed by atoms with van der Waals surface area (Å²) in [6.07, 6.45) is -0.520. The molecular formula is C20H23ClF2N2O. The van der Waals surface area contributed by atoms with Gasteiger partial charge in [-0.3, -0.25) is 9.80 Å². The summed E-state index contributed by atoms with van der Waals surface area (Å²) in [6, 6.07) is 12.9. The minimum Gasteiger partial charge on any atom is -0.391 e. The third kappa shape index (κ3) is 4.80. The molecule has 0 spiro atoms. The van der Waals surface area contributed by atoms with E-state index in [0.29, 0.717) is 6.54 Å². The molecule has 1 aliphatic heterocycles. The van der Waals surface area contributed by atoms with E-state index in [0.717, 1.165) is 37.3 Å². The maximum absolute atomic E-state index is 13.3. The quantitative estimate of drug-likeness (QED) is 0.779. The van der Waals surface area contributed by atoms with E-state index in [-0.39, 0.29) is 23.6 Å². The van der Waals surface area contributed by atoms with E-state index in [1.807, 2.05) is 0 Å². The number of hydrogen-bond acceptors (Lipinski definition) is 3. The minimum atomic E-state index is -0.520. The number of halogens is 3. The van der Waals surface area contributed by atoms with Crippen LogP contribution in [0.25, 0.3) is 0 Å². The number of aliphatic hydroxyl groups excluding tert-OH is 1. The van der Waals surface area contributed by atoms with Gasteiger partial charge >= 0.3 is 0 Å². The molecule has 0 aliphatic carbocycles. The van der Waals surface area contributed by atoms with Crippen molar-refractivity contribution in [2.45, 2.75) is 12.1 Å². The average molecular weight is 381 g/mol. The smallest absolute Gasteiger partial charge is 0.123 e. The normalized spacial score (nSPS) is 17.6. The van der Waals surface area contributed by atoms with Gasteiger partial charge in [-0.15, -0.1) is 11.6 Å². The molecule has 0 radical (unpaired) electrons. The standard InChI is InChI=1S/C20H23ClF2N2O/c21-13-19(26)14-24-9-11-25(12-10-24)20(15-1-5-17(22)6-2-15)16-3-7-18(23)8-4-16/h1-8,19-20,26H,9-14H2. The van der Waals surface area contributed by atoms with Crippen LogP contribution in [0.5, 0.6) is 0 Å². The van der Waals surface area contributed by atoms with Gasteiger partial charge in [0.05, 0.1) is 12.1 Å². The molecule has 1 N–H and O–H groups in total. The Bertz CT molecular complexity index is 642. The van der Waals surface area contributed by atoms with Gasteiger partial charge in [-0.1, -0.05) is 24.3 Å². The zero-order valence-corrected chi connectivity index (χ0v) is 15.2. The number of hydrogen-bond donors (Lipinski definition) is 1. The SMILES string of the molecule is OC(CCl)CN1CCN(C(c2ccc(F)cc2)c2ccc(F)cc2)CC1. The van der Waals surface area contributed by atoms with Crippen molar-refractivity contribution in [3.8, 4) is 0 Å². The molecule has 6 heteroatoms. The molecular weight excluding hydrogens is 358 g/mol. The predicted molar refractivity (Wildman–Crippen MR) is 99.4 cm³/mol. The lowest BCUT2D eigenvalue weighted by atomic mass is 9.96. The monoisotopic (exact) mass is 380 g/mol. The Morgan fingerprint density at radius 2 is 1.31 bits per heavy atom. The van der Waals surface area contributed by atoms with Crippen molar-refractivity contribution < 1.29 is 13.9 Å². The molecule has 3 rings (SSSR count). The summed E-state index contributed by atoms with van der Waals surface area (Å²) in [7, 11) is 0. The van der Waals surface area contributed by atoms with Crippen LogP contribution in [0.3, 0.4) is 0 Å². The van der Waals surface area contributed by atoms with Crippen LogP contribution in [0, 0.1) is 11.6 Å². The number of alkyl halides is 1. The largest absolute Gasteiger partial charge is 0.391 e. The van der Waals surface area contributed by atoms with Crippen molar-refractivity contribution in [1.82, 2.24) is 9.80 Å². The Hall–Kier alpha value is -1.53. The van der Waals surface area contributed by atoms with Gasteiger partial charge in [-0.25, -0.2) is 8.78 Å². The lowest BCUT2D eigenvalue weighted by molar-refractivity contribution is 0.0703. The van der Waals surface area contributed by atoms with E-state index in [1.165, 1.54) is 24.3 Å². The highest BCUT2D eigenvalue weighted by molar-refractivity contribution is 6.18. The maximum atomic E-state index is 13.3. The molecule has 1 unspecified atom stereocenters. The number of β-amino-alcohol motifs (C(OH)–C–C–N with tert-alkyl or cyclic N) is 1. The van der Waals surface area contributed by atoms with Crippen LogP contribution in [-0.2, 0) is 0 Å². The summed E-state index contributed by atoms with van der Waals surface area (Å²) in [5, 5.41) is 9.74. The first-order valence-corrected chi connectivity index (χ1v) is 9.31. The van der Waals surface area contributed by atoms with E-state index < -0.39 is 6.10 Å². The molecule has 0 bridgehead atoms. The third-order valence-corrected chi connectivity index (χ3v) is 5.15. The van der Waals surface area contributed by atoms with Crippen molar-refractivity contribution in [3.05, 3.63) is 71.3 Å². The maximum Gasteiger partial charge on any atom is 0.123 e. The highest BCUT2D eigenvalue weighted by atomic mass is 35.5. The number of nitrogens with zero attached hydrogens (tertiary/aromatic N) is 2. The molecule has 140 valence electrons. The Kier molecular flexibility index (Phi) is 6.59. The average Bonchev–Trinajstić information content (AvgIpc) is 2.66. The Morgan fingerprint density at radius 1 is 0.846 bits per heavy atom. The van der Waals surface area contributed by atoms with Crippen LogP contribution >= 0.6 is 11.6 Å². The number of piperazine rings is 1. The molecule has 0 amide bonds. The Labute approximate surface area is 157 Å². The molecule has 1 fully saturated rings. The van der Waals surface area contributed by atoms with Gasteiger partial charge in [-0.2, -0.15) is 0 Å². The molecule has 1 saturated heterocycles. The molecule has 2 aromatic carbocycles. The minimum absolute atomic E-state index is 0.0590. The van der Waals surface area contributed by atoms with Crippen LogP contribution in [0.4, 0.5) is 8.78 Å². The van der Waals surface area contributed by atoms with Gasteiger partial charge in [0.2, 0.25) is 0 Å². The molecule has 2 aromatic rings. The van der Waals surface area contributed by atoms with Gasteiger partial charge in [0.1, 0.15) is 11.6 Å². The summed E-state index contributed by atoms with van der Waals surface area (Å²) in [6.45, 7) is 3.79. The van der Waals surface area contributed by atoms with E-state index in [4.69, 9.17) is 11.6 Å². The van der Waals surface area contributed by atoms with E-state index >= 15 is 0 Å². The lowest BCUT2D eigenvalue weighted by Gasteiger charge is -2.40. The van der Waals surface area contributed by atoms with E-state index in [1.54, 1.807) is 24.3 Å². The van der Waals surface area contributed by atoms with Crippen LogP contribution in [0.2, 0.25) is 0 Å². The second kappa shape index (κ2) is 8.91. The van der Waals surface area contributed by atoms with Crippen LogP contribution < -0.4 is 0 Å². The van der Waals surface area contributed by atoms with Crippen molar-refractivity contribution in [1.29, 1.82) is 0 Å². The van der Waals surface area contributed by atoms with E-state index in [9.17, 15) is 13.9 Å². The first kappa shape index (κ1) is 19.2. The fraction of sp³-hybridized carbons (Fsp3) is 0.400. The fourth-order valence-corrected chi connectivity index (χ4v) is 3.55. The number of benzene rings is 2. The van der Waals surface area contributed by atoms with Gasteiger partial charge in [0.25, 0.3) is 0 Å². The lowest BCUT2D eigenvalue weighted by Crippen LogP contribution is -2.49. The third-order valence-electron chi connectivity index (χ3n) is 4.79. The molecule has 0 saturated carbocycles. The summed E-state index contributed by atoms with van der Waals surface area (Å²) in [5.41, 5.74) is 1.96. The van der Waals surface area contributed by atoms with Gasteiger partial charge in [0, 0.05) is 38.6 Å².